The number of para-hydroxylation sites is 1. The van der Waals surface area contributed by atoms with Gasteiger partial charge in [-0.25, -0.2) is 0 Å². The lowest BCUT2D eigenvalue weighted by molar-refractivity contribution is -0.121. The van der Waals surface area contributed by atoms with Gasteiger partial charge >= 0.3 is 0 Å². The number of nitrogens with one attached hydrogen (secondary N) is 2. The second-order valence-corrected chi connectivity index (χ2v) is 7.12. The highest BCUT2D eigenvalue weighted by Crippen LogP contribution is 2.36. The van der Waals surface area contributed by atoms with Crippen LogP contribution < -0.4 is 15.4 Å². The van der Waals surface area contributed by atoms with Gasteiger partial charge in [0.15, 0.2) is 0 Å². The number of benzene rings is 2. The van der Waals surface area contributed by atoms with Gasteiger partial charge in [-0.15, -0.1) is 0 Å². The zero-order valence-corrected chi connectivity index (χ0v) is 16.1. The van der Waals surface area contributed by atoms with E-state index in [9.17, 15) is 14.9 Å². The summed E-state index contributed by atoms with van der Waals surface area (Å²) in [6.07, 6.45) is 0.190. The van der Waals surface area contributed by atoms with E-state index in [0.29, 0.717) is 22.0 Å². The Labute approximate surface area is 167 Å². The number of anilines is 1. The number of ether oxygens (including phenoxy) is 1. The van der Waals surface area contributed by atoms with Crippen LogP contribution in [0.1, 0.15) is 17.9 Å². The van der Waals surface area contributed by atoms with Crippen LogP contribution in [0.15, 0.2) is 65.2 Å². The van der Waals surface area contributed by atoms with Crippen LogP contribution in [0.4, 0.5) is 5.69 Å². The smallest absolute Gasteiger partial charge is 0.234 e. The molecule has 28 heavy (non-hydrogen) atoms. The Hall–Kier alpha value is -3.24. The summed E-state index contributed by atoms with van der Waals surface area (Å²) in [5.41, 5.74) is 2.02. The van der Waals surface area contributed by atoms with E-state index in [4.69, 9.17) is 4.74 Å². The maximum atomic E-state index is 12.2. The van der Waals surface area contributed by atoms with Crippen LogP contribution in [0.25, 0.3) is 0 Å². The number of hydrogen-bond acceptors (Lipinski definition) is 5. The van der Waals surface area contributed by atoms with Crippen LogP contribution in [0.5, 0.6) is 5.75 Å². The number of amides is 2. The van der Waals surface area contributed by atoms with E-state index in [0.717, 1.165) is 17.3 Å². The first-order valence-electron chi connectivity index (χ1n) is 8.66. The molecule has 1 aliphatic heterocycles. The first-order valence-corrected chi connectivity index (χ1v) is 9.65. The van der Waals surface area contributed by atoms with Gasteiger partial charge in [0.1, 0.15) is 5.75 Å². The molecule has 7 heteroatoms. The van der Waals surface area contributed by atoms with Crippen molar-refractivity contribution >= 4 is 29.3 Å². The van der Waals surface area contributed by atoms with Crippen LogP contribution in [0, 0.1) is 11.3 Å². The molecule has 0 spiro atoms. The summed E-state index contributed by atoms with van der Waals surface area (Å²) in [6, 6.07) is 18.6. The van der Waals surface area contributed by atoms with Crippen molar-refractivity contribution in [3.05, 3.63) is 70.8 Å². The maximum Gasteiger partial charge on any atom is 0.234 e. The van der Waals surface area contributed by atoms with Gasteiger partial charge in [0.2, 0.25) is 11.8 Å². The molecule has 0 aromatic heterocycles. The number of methoxy groups -OCH3 is 1. The van der Waals surface area contributed by atoms with Crippen molar-refractivity contribution in [2.45, 2.75) is 12.3 Å². The molecule has 1 aliphatic rings. The summed E-state index contributed by atoms with van der Waals surface area (Å²) in [4.78, 5) is 24.4. The molecule has 142 valence electrons. The maximum absolute atomic E-state index is 12.2. The van der Waals surface area contributed by atoms with Crippen molar-refractivity contribution in [2.24, 2.45) is 0 Å². The fourth-order valence-electron chi connectivity index (χ4n) is 2.91. The Morgan fingerprint density at radius 2 is 1.96 bits per heavy atom. The summed E-state index contributed by atoms with van der Waals surface area (Å²) >= 11 is 1.16. The predicted octanol–water partition coefficient (Wildman–Crippen LogP) is 3.41. The summed E-state index contributed by atoms with van der Waals surface area (Å²) < 4.78 is 5.16. The molecule has 0 saturated heterocycles. The van der Waals surface area contributed by atoms with Gasteiger partial charge in [0, 0.05) is 18.0 Å². The number of nitrogens with zero attached hydrogens (tertiary/aromatic N) is 1. The minimum absolute atomic E-state index is 0.0883. The first kappa shape index (κ1) is 19.5. The second-order valence-electron chi connectivity index (χ2n) is 6.14. The quantitative estimate of drug-likeness (QED) is 0.785. The summed E-state index contributed by atoms with van der Waals surface area (Å²) in [5.74, 6) is 0.0704. The number of carbonyl (C=O) groups is 2. The molecular formula is C21H19N3O3S. The SMILES string of the molecule is COc1ccc([C@@H]2CC(=O)NC(SCC(=O)Nc3ccccc3)=C2C#N)cc1. The molecule has 2 N–H and O–H groups in total. The number of hydrogen-bond donors (Lipinski definition) is 2. The summed E-state index contributed by atoms with van der Waals surface area (Å²) in [7, 11) is 1.58. The third-order valence-electron chi connectivity index (χ3n) is 4.28. The van der Waals surface area contributed by atoms with E-state index in [2.05, 4.69) is 16.7 Å². The molecule has 2 aromatic rings. The number of rotatable bonds is 6. The molecule has 1 atom stereocenters. The average Bonchev–Trinajstić information content (AvgIpc) is 2.72. The minimum atomic E-state index is -0.343. The van der Waals surface area contributed by atoms with E-state index in [1.54, 1.807) is 31.4 Å². The lowest BCUT2D eigenvalue weighted by atomic mass is 9.87. The second kappa shape index (κ2) is 9.11. The highest BCUT2D eigenvalue weighted by Gasteiger charge is 2.29. The first-order chi connectivity index (χ1) is 13.6. The predicted molar refractivity (Wildman–Crippen MR) is 109 cm³/mol. The minimum Gasteiger partial charge on any atom is -0.497 e. The van der Waals surface area contributed by atoms with E-state index in [1.807, 2.05) is 30.3 Å². The van der Waals surface area contributed by atoms with Gasteiger partial charge in [-0.2, -0.15) is 5.26 Å². The van der Waals surface area contributed by atoms with Gasteiger partial charge in [-0.05, 0) is 29.8 Å². The fraction of sp³-hybridized carbons (Fsp3) is 0.190. The van der Waals surface area contributed by atoms with Gasteiger partial charge in [0.25, 0.3) is 0 Å². The fourth-order valence-corrected chi connectivity index (χ4v) is 3.79. The number of thioether (sulfide) groups is 1. The van der Waals surface area contributed by atoms with Crippen LogP contribution >= 0.6 is 11.8 Å². The Morgan fingerprint density at radius 1 is 1.25 bits per heavy atom. The molecular weight excluding hydrogens is 374 g/mol. The van der Waals surface area contributed by atoms with Crippen LogP contribution in [0.3, 0.4) is 0 Å². The van der Waals surface area contributed by atoms with E-state index in [1.165, 1.54) is 0 Å². The summed E-state index contributed by atoms with van der Waals surface area (Å²) in [6.45, 7) is 0. The van der Waals surface area contributed by atoms with Crippen LogP contribution in [-0.4, -0.2) is 24.7 Å². The van der Waals surface area contributed by atoms with Crippen molar-refractivity contribution in [3.8, 4) is 11.8 Å². The number of carbonyl (C=O) groups excluding carboxylic acids is 2. The molecule has 2 aromatic carbocycles. The van der Waals surface area contributed by atoms with Crippen molar-refractivity contribution < 1.29 is 14.3 Å². The van der Waals surface area contributed by atoms with Crippen molar-refractivity contribution in [3.63, 3.8) is 0 Å². The van der Waals surface area contributed by atoms with E-state index in [-0.39, 0.29) is 29.9 Å². The molecule has 0 radical (unpaired) electrons. The Balaban J connectivity index is 1.75. The van der Waals surface area contributed by atoms with Crippen LogP contribution in [-0.2, 0) is 9.59 Å². The lowest BCUT2D eigenvalue weighted by Crippen LogP contribution is -2.31. The topological polar surface area (TPSA) is 91.2 Å². The average molecular weight is 393 g/mol. The van der Waals surface area contributed by atoms with Gasteiger partial charge in [0.05, 0.1) is 29.5 Å². The molecule has 0 saturated carbocycles. The monoisotopic (exact) mass is 393 g/mol. The highest BCUT2D eigenvalue weighted by molar-refractivity contribution is 8.03. The van der Waals surface area contributed by atoms with Crippen molar-refractivity contribution in [2.75, 3.05) is 18.2 Å². The zero-order valence-electron chi connectivity index (χ0n) is 15.3. The van der Waals surface area contributed by atoms with Gasteiger partial charge in [-0.3, -0.25) is 9.59 Å². The van der Waals surface area contributed by atoms with Gasteiger partial charge < -0.3 is 15.4 Å². The van der Waals surface area contributed by atoms with Crippen molar-refractivity contribution in [1.29, 1.82) is 5.26 Å². The number of nitriles is 1. The van der Waals surface area contributed by atoms with E-state index < -0.39 is 0 Å². The largest absolute Gasteiger partial charge is 0.497 e. The highest BCUT2D eigenvalue weighted by atomic mass is 32.2. The van der Waals surface area contributed by atoms with Crippen LogP contribution in [0.2, 0.25) is 0 Å². The van der Waals surface area contributed by atoms with Gasteiger partial charge in [-0.1, -0.05) is 42.1 Å². The standard InChI is InChI=1S/C21H19N3O3S/c1-27-16-9-7-14(8-10-16)17-11-19(25)24-21(18(17)12-22)28-13-20(26)23-15-5-3-2-4-6-15/h2-10,17H,11,13H2,1H3,(H,23,26)(H,24,25)/t17-/m0/s1. The molecule has 2 amide bonds. The Bertz CT molecular complexity index is 934. The molecule has 0 fully saturated rings. The normalized spacial score (nSPS) is 16.1. The third-order valence-corrected chi connectivity index (χ3v) is 5.30. The Morgan fingerprint density at radius 3 is 2.61 bits per heavy atom. The summed E-state index contributed by atoms with van der Waals surface area (Å²) in [5, 5.41) is 15.6. The molecule has 3 rings (SSSR count). The molecule has 0 unspecified atom stereocenters. The Kier molecular flexibility index (Phi) is 6.35. The molecule has 0 bridgehead atoms. The van der Waals surface area contributed by atoms with Crippen molar-refractivity contribution in [1.82, 2.24) is 5.32 Å². The molecule has 6 nitrogen and oxygen atoms in total. The molecule has 1 heterocycles. The lowest BCUT2D eigenvalue weighted by Gasteiger charge is -2.25. The molecule has 0 aliphatic carbocycles. The number of allylic oxidation sites excluding steroid dienone is 1. The third kappa shape index (κ3) is 4.72. The van der Waals surface area contributed by atoms with E-state index >= 15 is 0 Å². The zero-order chi connectivity index (χ0) is 19.9.